The largest absolute Gasteiger partial charge is 0.747 e. The van der Waals surface area contributed by atoms with Crippen LogP contribution in [0.3, 0.4) is 0 Å². The zero-order valence-electron chi connectivity index (χ0n) is 15.8. The Labute approximate surface area is 145 Å². The lowest BCUT2D eigenvalue weighted by atomic mass is 10.1. The van der Waals surface area contributed by atoms with Gasteiger partial charge in [-0.15, -0.1) is 0 Å². The summed E-state index contributed by atoms with van der Waals surface area (Å²) in [4.78, 5) is 0. The van der Waals surface area contributed by atoms with Crippen LogP contribution in [-0.4, -0.2) is 49.5 Å². The Balaban J connectivity index is 0. The van der Waals surface area contributed by atoms with E-state index in [4.69, 9.17) is 0 Å². The van der Waals surface area contributed by atoms with Gasteiger partial charge in [0.15, 0.2) is 0 Å². The van der Waals surface area contributed by atoms with Gasteiger partial charge in [0.1, 0.15) is 10.1 Å². The Morgan fingerprint density at radius 3 is 1.09 bits per heavy atom. The van der Waals surface area contributed by atoms with E-state index in [-0.39, 0.29) is 0 Å². The van der Waals surface area contributed by atoms with Gasteiger partial charge in [-0.05, 0) is 25.7 Å². The summed E-state index contributed by atoms with van der Waals surface area (Å²) in [6, 6.07) is 0. The molecule has 0 saturated carbocycles. The monoisotopic (exact) mass is 352 g/mol. The molecule has 0 saturated heterocycles. The SMILES string of the molecule is CCCC[N+](CCCC)(CCCC)CCCC.NCS(=O)(=O)[O-]. The number of nitrogens with two attached hydrogens (primary N) is 1. The Hall–Kier alpha value is -0.170. The van der Waals surface area contributed by atoms with Crippen molar-refractivity contribution in [2.24, 2.45) is 5.73 Å². The third-order valence-electron chi connectivity index (χ3n) is 4.15. The zero-order chi connectivity index (χ0) is 18.2. The number of quaternary nitrogens is 1. The van der Waals surface area contributed by atoms with E-state index in [9.17, 15) is 13.0 Å². The van der Waals surface area contributed by atoms with Gasteiger partial charge >= 0.3 is 0 Å². The predicted molar refractivity (Wildman–Crippen MR) is 98.1 cm³/mol. The zero-order valence-corrected chi connectivity index (χ0v) is 16.7. The van der Waals surface area contributed by atoms with Crippen LogP contribution < -0.4 is 5.73 Å². The van der Waals surface area contributed by atoms with Crippen molar-refractivity contribution in [2.75, 3.05) is 32.1 Å². The van der Waals surface area contributed by atoms with E-state index in [1.165, 1.54) is 82.0 Å². The van der Waals surface area contributed by atoms with Gasteiger partial charge in [0.2, 0.25) is 0 Å². The molecule has 0 rings (SSSR count). The molecule has 2 N–H and O–H groups in total. The van der Waals surface area contributed by atoms with Crippen molar-refractivity contribution in [1.82, 2.24) is 0 Å². The fourth-order valence-electron chi connectivity index (χ4n) is 2.64. The van der Waals surface area contributed by atoms with Crippen molar-refractivity contribution >= 4 is 10.1 Å². The molecule has 0 bridgehead atoms. The molecule has 0 aromatic carbocycles. The van der Waals surface area contributed by atoms with E-state index in [0.29, 0.717) is 0 Å². The number of hydrogen-bond acceptors (Lipinski definition) is 4. The van der Waals surface area contributed by atoms with E-state index in [0.717, 1.165) is 0 Å². The maximum Gasteiger partial charge on any atom is 0.108 e. The van der Waals surface area contributed by atoms with Crippen LogP contribution in [0.2, 0.25) is 0 Å². The molecule has 0 radical (unpaired) electrons. The van der Waals surface area contributed by atoms with Crippen LogP contribution >= 0.6 is 0 Å². The highest BCUT2D eigenvalue weighted by Crippen LogP contribution is 2.16. The second-order valence-electron chi connectivity index (χ2n) is 6.37. The highest BCUT2D eigenvalue weighted by molar-refractivity contribution is 7.85. The first-order valence-corrected chi connectivity index (χ1v) is 10.9. The normalized spacial score (nSPS) is 11.9. The second-order valence-corrected chi connectivity index (χ2v) is 7.82. The third-order valence-corrected chi connectivity index (χ3v) is 4.56. The number of unbranched alkanes of at least 4 members (excludes halogenated alkanes) is 4. The second kappa shape index (κ2) is 15.4. The Morgan fingerprint density at radius 1 is 0.739 bits per heavy atom. The molecular formula is C17H40N2O3S. The van der Waals surface area contributed by atoms with Crippen molar-refractivity contribution < 1.29 is 17.5 Å². The van der Waals surface area contributed by atoms with Gasteiger partial charge in [0.05, 0.1) is 32.1 Å². The molecule has 23 heavy (non-hydrogen) atoms. The van der Waals surface area contributed by atoms with Gasteiger partial charge in [0, 0.05) is 0 Å². The van der Waals surface area contributed by atoms with Gasteiger partial charge in [-0.1, -0.05) is 53.4 Å². The summed E-state index contributed by atoms with van der Waals surface area (Å²) in [5, 5.41) is 0. The minimum Gasteiger partial charge on any atom is -0.747 e. The minimum atomic E-state index is -4.13. The molecule has 0 unspecified atom stereocenters. The standard InChI is InChI=1S/C16H36N.CH5NO3S/c1-5-9-13-17(14-10-6-2,15-11-7-3)16-12-8-4;2-1-6(3,4)5/h5-16H2,1-4H3;1-2H2,(H,3,4,5)/q+1;/p-1. The topological polar surface area (TPSA) is 83.2 Å². The smallest absolute Gasteiger partial charge is 0.108 e. The molecule has 0 aromatic rings. The summed E-state index contributed by atoms with van der Waals surface area (Å²) in [6.07, 6.45) is 11.1. The summed E-state index contributed by atoms with van der Waals surface area (Å²) >= 11 is 0. The van der Waals surface area contributed by atoms with Crippen molar-refractivity contribution in [3.8, 4) is 0 Å². The van der Waals surface area contributed by atoms with Crippen molar-refractivity contribution in [1.29, 1.82) is 0 Å². The molecule has 5 nitrogen and oxygen atoms in total. The molecule has 0 aliphatic heterocycles. The molecule has 0 spiro atoms. The Kier molecular flexibility index (Phi) is 16.7. The summed E-state index contributed by atoms with van der Waals surface area (Å²) in [5.41, 5.74) is 4.41. The van der Waals surface area contributed by atoms with Gasteiger partial charge < -0.3 is 14.8 Å². The van der Waals surface area contributed by atoms with E-state index >= 15 is 0 Å². The number of rotatable bonds is 13. The maximum absolute atomic E-state index is 9.32. The maximum atomic E-state index is 9.32. The fourth-order valence-corrected chi connectivity index (χ4v) is 2.64. The molecule has 0 aromatic heterocycles. The highest BCUT2D eigenvalue weighted by atomic mass is 32.2. The lowest BCUT2D eigenvalue weighted by Crippen LogP contribution is -2.50. The molecule has 0 aliphatic carbocycles. The summed E-state index contributed by atoms with van der Waals surface area (Å²) < 4.78 is 29.4. The van der Waals surface area contributed by atoms with E-state index in [1.807, 2.05) is 0 Å². The van der Waals surface area contributed by atoms with Gasteiger partial charge in [0.25, 0.3) is 0 Å². The lowest BCUT2D eigenvalue weighted by Gasteiger charge is -2.39. The van der Waals surface area contributed by atoms with Crippen molar-refractivity contribution in [3.05, 3.63) is 0 Å². The molecule has 0 fully saturated rings. The molecular weight excluding hydrogens is 312 g/mol. The molecule has 0 atom stereocenters. The van der Waals surface area contributed by atoms with Crippen LogP contribution in [0.25, 0.3) is 0 Å². The number of nitrogens with zero attached hydrogens (tertiary/aromatic N) is 1. The van der Waals surface area contributed by atoms with Crippen LogP contribution in [0.5, 0.6) is 0 Å². The van der Waals surface area contributed by atoms with Crippen molar-refractivity contribution in [2.45, 2.75) is 79.1 Å². The first-order valence-electron chi connectivity index (χ1n) is 9.29. The van der Waals surface area contributed by atoms with Gasteiger partial charge in [-0.2, -0.15) is 0 Å². The molecule has 0 heterocycles. The molecule has 0 aliphatic rings. The average Bonchev–Trinajstić information content (AvgIpc) is 2.53. The summed E-state index contributed by atoms with van der Waals surface area (Å²) in [6.45, 7) is 15.0. The highest BCUT2D eigenvalue weighted by Gasteiger charge is 2.24. The third kappa shape index (κ3) is 16.5. The Bertz CT molecular complexity index is 308. The quantitative estimate of drug-likeness (QED) is 0.406. The van der Waals surface area contributed by atoms with E-state index in [2.05, 4.69) is 33.4 Å². The molecule has 142 valence electrons. The van der Waals surface area contributed by atoms with Crippen LogP contribution in [0, 0.1) is 0 Å². The van der Waals surface area contributed by atoms with Crippen LogP contribution in [0.1, 0.15) is 79.1 Å². The molecule has 6 heteroatoms. The van der Waals surface area contributed by atoms with Crippen LogP contribution in [-0.2, 0) is 10.1 Å². The Morgan fingerprint density at radius 2 is 0.957 bits per heavy atom. The number of hydrogen-bond donors (Lipinski definition) is 1. The van der Waals surface area contributed by atoms with Crippen LogP contribution in [0.4, 0.5) is 0 Å². The molecule has 0 amide bonds. The van der Waals surface area contributed by atoms with E-state index < -0.39 is 16.0 Å². The van der Waals surface area contributed by atoms with Crippen molar-refractivity contribution in [3.63, 3.8) is 0 Å². The average molecular weight is 353 g/mol. The minimum absolute atomic E-state index is 0.812. The van der Waals surface area contributed by atoms with E-state index in [1.54, 1.807) is 0 Å². The first-order chi connectivity index (χ1) is 10.8. The lowest BCUT2D eigenvalue weighted by molar-refractivity contribution is -0.929. The summed E-state index contributed by atoms with van der Waals surface area (Å²) in [5.74, 6) is -0.812. The fraction of sp³-hybridized carbons (Fsp3) is 1.00. The van der Waals surface area contributed by atoms with Gasteiger partial charge in [-0.3, -0.25) is 0 Å². The predicted octanol–water partition coefficient (Wildman–Crippen LogP) is 3.45. The van der Waals surface area contributed by atoms with Gasteiger partial charge in [-0.25, -0.2) is 8.42 Å². The first kappa shape index (κ1) is 25.1. The summed E-state index contributed by atoms with van der Waals surface area (Å²) in [7, 11) is -4.13. The van der Waals surface area contributed by atoms with Crippen LogP contribution in [0.15, 0.2) is 0 Å².